The largest absolute Gasteiger partial charge is 0.273 e. The topological polar surface area (TPSA) is 44.0 Å². The highest BCUT2D eigenvalue weighted by molar-refractivity contribution is 5.80. The quantitative estimate of drug-likeness (QED) is 0.685. The minimum absolute atomic E-state index is 0.00704. The molecule has 0 saturated heterocycles. The van der Waals surface area contributed by atoms with Crippen LogP contribution in [0.15, 0.2) is 33.9 Å². The summed E-state index contributed by atoms with van der Waals surface area (Å²) >= 11 is 0. The number of aromatic nitrogens is 2. The number of nitrogens with zero attached hydrogens (tertiary/aromatic N) is 2. The van der Waals surface area contributed by atoms with Gasteiger partial charge in [-0.3, -0.25) is 9.59 Å². The number of benzene rings is 1. The molecule has 1 aliphatic heterocycles. The first kappa shape index (κ1) is 9.22. The Hall–Kier alpha value is -1.84. The van der Waals surface area contributed by atoms with Gasteiger partial charge in [-0.05, 0) is 31.4 Å². The van der Waals surface area contributed by atoms with Crippen LogP contribution < -0.4 is 11.1 Å². The number of fused-ring (bicyclic) bond motifs is 6. The van der Waals surface area contributed by atoms with Crippen LogP contribution in [0, 0.1) is 0 Å². The number of hydrogen-bond acceptors (Lipinski definition) is 2. The molecular formula is C13H12N2O2. The Morgan fingerprint density at radius 2 is 1.35 bits per heavy atom. The van der Waals surface area contributed by atoms with Gasteiger partial charge < -0.3 is 0 Å². The van der Waals surface area contributed by atoms with E-state index in [0.29, 0.717) is 10.8 Å². The van der Waals surface area contributed by atoms with Crippen LogP contribution in [0.1, 0.15) is 31.3 Å². The van der Waals surface area contributed by atoms with Crippen molar-refractivity contribution < 1.29 is 0 Å². The molecule has 2 atom stereocenters. The van der Waals surface area contributed by atoms with Crippen LogP contribution in [0.3, 0.4) is 0 Å². The van der Waals surface area contributed by atoms with Gasteiger partial charge in [-0.2, -0.15) is 0 Å². The van der Waals surface area contributed by atoms with Crippen molar-refractivity contribution in [2.45, 2.75) is 31.3 Å². The van der Waals surface area contributed by atoms with Crippen LogP contribution in [0.25, 0.3) is 10.8 Å². The molecule has 2 heterocycles. The molecule has 4 nitrogen and oxygen atoms in total. The van der Waals surface area contributed by atoms with Crippen LogP contribution in [-0.4, -0.2) is 9.36 Å². The summed E-state index contributed by atoms with van der Waals surface area (Å²) in [6, 6.07) is 7.61. The smallest absolute Gasteiger partial charge is 0.267 e. The molecule has 0 amide bonds. The zero-order chi connectivity index (χ0) is 11.6. The van der Waals surface area contributed by atoms with E-state index in [0.717, 1.165) is 19.3 Å². The third kappa shape index (κ3) is 0.983. The van der Waals surface area contributed by atoms with E-state index < -0.39 is 0 Å². The molecule has 2 aliphatic rings. The van der Waals surface area contributed by atoms with Crippen molar-refractivity contribution >= 4 is 10.8 Å². The Labute approximate surface area is 97.1 Å². The lowest BCUT2D eigenvalue weighted by Crippen LogP contribution is -2.38. The molecule has 1 fully saturated rings. The second kappa shape index (κ2) is 2.88. The summed E-state index contributed by atoms with van der Waals surface area (Å²) in [4.78, 5) is 24.7. The fourth-order valence-corrected chi connectivity index (χ4v) is 3.36. The highest BCUT2D eigenvalue weighted by Gasteiger charge is 2.38. The highest BCUT2D eigenvalue weighted by Crippen LogP contribution is 2.42. The van der Waals surface area contributed by atoms with E-state index in [9.17, 15) is 9.59 Å². The zero-order valence-corrected chi connectivity index (χ0v) is 9.30. The van der Waals surface area contributed by atoms with Gasteiger partial charge in [0.05, 0.1) is 22.9 Å². The molecule has 4 heteroatoms. The van der Waals surface area contributed by atoms with Gasteiger partial charge in [-0.15, -0.1) is 0 Å². The van der Waals surface area contributed by atoms with E-state index in [-0.39, 0.29) is 23.2 Å². The minimum Gasteiger partial charge on any atom is -0.267 e. The summed E-state index contributed by atoms with van der Waals surface area (Å²) < 4.78 is 3.39. The van der Waals surface area contributed by atoms with E-state index in [1.807, 2.05) is 12.1 Å². The average Bonchev–Trinajstić information content (AvgIpc) is 2.96. The van der Waals surface area contributed by atoms with Crippen molar-refractivity contribution in [3.8, 4) is 0 Å². The van der Waals surface area contributed by atoms with Crippen LogP contribution in [0.2, 0.25) is 0 Å². The first-order valence-corrected chi connectivity index (χ1v) is 6.03. The fourth-order valence-electron chi connectivity index (χ4n) is 3.36. The Kier molecular flexibility index (Phi) is 1.56. The number of hydrogen-bond donors (Lipinski definition) is 0. The first-order chi connectivity index (χ1) is 8.27. The third-order valence-corrected chi connectivity index (χ3v) is 4.11. The Morgan fingerprint density at radius 3 is 1.82 bits per heavy atom. The van der Waals surface area contributed by atoms with Crippen LogP contribution in [-0.2, 0) is 0 Å². The molecule has 0 unspecified atom stereocenters. The molecular weight excluding hydrogens is 216 g/mol. The molecule has 86 valence electrons. The Bertz CT molecular complexity index is 679. The van der Waals surface area contributed by atoms with Gasteiger partial charge >= 0.3 is 0 Å². The molecule has 1 saturated carbocycles. The predicted molar refractivity (Wildman–Crippen MR) is 64.4 cm³/mol. The van der Waals surface area contributed by atoms with Crippen molar-refractivity contribution in [3.05, 3.63) is 45.0 Å². The lowest BCUT2D eigenvalue weighted by Gasteiger charge is -2.20. The standard InChI is InChI=1S/C13H12N2O2/c16-12-10-3-1-2-4-11(10)13(17)15-9-6-5-8(7-9)14(12)15/h1-4,8-9H,5-7H2/t8-,9-/m0/s1. The minimum atomic E-state index is -0.00704. The van der Waals surface area contributed by atoms with Crippen LogP contribution in [0.4, 0.5) is 0 Å². The molecule has 1 aromatic carbocycles. The summed E-state index contributed by atoms with van der Waals surface area (Å²) in [6.45, 7) is 0. The molecule has 0 spiro atoms. The summed E-state index contributed by atoms with van der Waals surface area (Å²) in [5.74, 6) is 0. The summed E-state index contributed by atoms with van der Waals surface area (Å²) in [5, 5.41) is 1.11. The van der Waals surface area contributed by atoms with Gasteiger partial charge in [0, 0.05) is 0 Å². The van der Waals surface area contributed by atoms with Gasteiger partial charge in [-0.25, -0.2) is 9.36 Å². The molecule has 0 N–H and O–H groups in total. The summed E-state index contributed by atoms with van der Waals surface area (Å²) in [7, 11) is 0. The molecule has 1 aromatic heterocycles. The van der Waals surface area contributed by atoms with Gasteiger partial charge in [0.15, 0.2) is 0 Å². The normalized spacial score (nSPS) is 25.4. The van der Waals surface area contributed by atoms with E-state index in [1.165, 1.54) is 0 Å². The second-order valence-electron chi connectivity index (χ2n) is 4.97. The molecule has 0 radical (unpaired) electrons. The fraction of sp³-hybridized carbons (Fsp3) is 0.385. The second-order valence-corrected chi connectivity index (χ2v) is 4.97. The monoisotopic (exact) mass is 228 g/mol. The maximum Gasteiger partial charge on any atom is 0.273 e. The van der Waals surface area contributed by atoms with Gasteiger partial charge in [0.25, 0.3) is 11.1 Å². The lowest BCUT2D eigenvalue weighted by atomic mass is 10.2. The van der Waals surface area contributed by atoms with Crippen molar-refractivity contribution in [2.75, 3.05) is 0 Å². The van der Waals surface area contributed by atoms with Crippen molar-refractivity contribution in [3.63, 3.8) is 0 Å². The SMILES string of the molecule is O=c1c2ccccc2c(=O)n2n1[C@H]1CC[C@H]2C1. The van der Waals surface area contributed by atoms with E-state index in [4.69, 9.17) is 0 Å². The average molecular weight is 228 g/mol. The van der Waals surface area contributed by atoms with E-state index >= 15 is 0 Å². The maximum atomic E-state index is 12.4. The molecule has 2 aromatic rings. The van der Waals surface area contributed by atoms with E-state index in [2.05, 4.69) is 0 Å². The highest BCUT2D eigenvalue weighted by atomic mass is 16.2. The molecule has 17 heavy (non-hydrogen) atoms. The van der Waals surface area contributed by atoms with Gasteiger partial charge in [0.2, 0.25) is 0 Å². The number of rotatable bonds is 0. The first-order valence-electron chi connectivity index (χ1n) is 6.03. The zero-order valence-electron chi connectivity index (χ0n) is 9.30. The molecule has 4 rings (SSSR count). The Morgan fingerprint density at radius 1 is 0.882 bits per heavy atom. The molecule has 2 bridgehead atoms. The summed E-state index contributed by atoms with van der Waals surface area (Å²) in [6.07, 6.45) is 3.01. The lowest BCUT2D eigenvalue weighted by molar-refractivity contribution is 0.362. The van der Waals surface area contributed by atoms with Crippen molar-refractivity contribution in [1.82, 2.24) is 9.36 Å². The van der Waals surface area contributed by atoms with Crippen molar-refractivity contribution in [1.29, 1.82) is 0 Å². The summed E-state index contributed by atoms with van der Waals surface area (Å²) in [5.41, 5.74) is -0.0141. The van der Waals surface area contributed by atoms with Gasteiger partial charge in [0.1, 0.15) is 0 Å². The maximum absolute atomic E-state index is 12.4. The third-order valence-electron chi connectivity index (χ3n) is 4.11. The van der Waals surface area contributed by atoms with Crippen LogP contribution >= 0.6 is 0 Å². The predicted octanol–water partition coefficient (Wildman–Crippen LogP) is 1.44. The Balaban J connectivity index is 2.27. The van der Waals surface area contributed by atoms with Crippen LogP contribution in [0.5, 0.6) is 0 Å². The van der Waals surface area contributed by atoms with E-state index in [1.54, 1.807) is 21.5 Å². The molecule has 1 aliphatic carbocycles. The van der Waals surface area contributed by atoms with Gasteiger partial charge in [-0.1, -0.05) is 12.1 Å². The van der Waals surface area contributed by atoms with Crippen molar-refractivity contribution in [2.24, 2.45) is 0 Å².